The lowest BCUT2D eigenvalue weighted by molar-refractivity contribution is 0.112. The van der Waals surface area contributed by atoms with Gasteiger partial charge in [0.15, 0.2) is 0 Å². The first-order valence-corrected chi connectivity index (χ1v) is 41.7. The molecular weight excluding hydrogens is 1450 g/mol. The van der Waals surface area contributed by atoms with E-state index in [4.69, 9.17) is 101 Å². The third kappa shape index (κ3) is 35.3. The first kappa shape index (κ1) is 87.5. The first-order valence-electron chi connectivity index (χ1n) is 39.5. The maximum absolute atomic E-state index is 9.81. The van der Waals surface area contributed by atoms with Crippen molar-refractivity contribution in [1.29, 1.82) is 0 Å². The van der Waals surface area contributed by atoms with Crippen molar-refractivity contribution >= 4 is 105 Å². The van der Waals surface area contributed by atoms with Gasteiger partial charge in [-0.2, -0.15) is 59.8 Å². The molecule has 2 aliphatic heterocycles. The van der Waals surface area contributed by atoms with E-state index in [0.29, 0.717) is 78.0 Å². The Labute approximate surface area is 649 Å². The predicted octanol–water partition coefficient (Wildman–Crippen LogP) is 14.4. The molecule has 2 unspecified atom stereocenters. The van der Waals surface area contributed by atoms with E-state index in [9.17, 15) is 15.3 Å². The van der Waals surface area contributed by atoms with Crippen LogP contribution >= 0.6 is 69.6 Å². The van der Waals surface area contributed by atoms with Gasteiger partial charge in [-0.05, 0) is 269 Å². The maximum Gasteiger partial charge on any atom is 0.229 e. The third-order valence-corrected chi connectivity index (χ3v) is 22.3. The minimum atomic E-state index is -0.177. The summed E-state index contributed by atoms with van der Waals surface area (Å²) in [5.74, 6) is 4.34. The summed E-state index contributed by atoms with van der Waals surface area (Å²) >= 11 is 33.3. The van der Waals surface area contributed by atoms with Crippen molar-refractivity contribution in [3.63, 3.8) is 0 Å². The Morgan fingerprint density at radius 2 is 0.596 bits per heavy atom. The minimum Gasteiger partial charge on any atom is -0.393 e. The zero-order valence-corrected chi connectivity index (χ0v) is 66.6. The van der Waals surface area contributed by atoms with Crippen LogP contribution in [0.1, 0.15) is 265 Å². The average Bonchev–Trinajstić information content (AvgIpc) is 1.03. The Morgan fingerprint density at radius 3 is 0.923 bits per heavy atom. The van der Waals surface area contributed by atoms with Gasteiger partial charge in [0.05, 0.1) is 24.4 Å². The maximum atomic E-state index is 9.81. The molecule has 9 aliphatic rings. The summed E-state index contributed by atoms with van der Waals surface area (Å²) in [6.45, 7) is 13.1. The van der Waals surface area contributed by atoms with Crippen LogP contribution in [-0.2, 0) is 0 Å². The molecule has 7 saturated carbocycles. The molecule has 13 rings (SSSR count). The Balaban J connectivity index is 0.000000182. The van der Waals surface area contributed by atoms with Crippen LogP contribution in [0, 0.1) is 5.92 Å². The second-order valence-corrected chi connectivity index (χ2v) is 31.7. The van der Waals surface area contributed by atoms with Gasteiger partial charge < -0.3 is 63.8 Å². The van der Waals surface area contributed by atoms with E-state index in [1.807, 2.05) is 0 Å². The number of nitrogens with zero attached hydrogens (tertiary/aromatic N) is 14. The molecule has 2 saturated heterocycles. The number of aliphatic hydroxyl groups excluding tert-OH is 4. The Hall–Kier alpha value is -3.74. The van der Waals surface area contributed by atoms with Crippen LogP contribution in [0.25, 0.3) is 0 Å². The van der Waals surface area contributed by atoms with Crippen molar-refractivity contribution in [3.05, 3.63) is 31.7 Å². The van der Waals surface area contributed by atoms with Crippen molar-refractivity contribution in [2.24, 2.45) is 17.4 Å². The summed E-state index contributed by atoms with van der Waals surface area (Å²) in [7, 11) is 0. The molecule has 0 radical (unpaired) electrons. The summed E-state index contributed by atoms with van der Waals surface area (Å²) in [4.78, 5) is 53.9. The van der Waals surface area contributed by atoms with Crippen LogP contribution in [0.2, 0.25) is 31.7 Å². The number of hydrogen-bond donors (Lipinski definition) is 12. The highest BCUT2D eigenvalue weighted by molar-refractivity contribution is 6.33. The lowest BCUT2D eigenvalue weighted by Crippen LogP contribution is -2.35. The molecular formula is C72H124Cl6N22O4. The van der Waals surface area contributed by atoms with E-state index in [1.165, 1.54) is 161 Å². The van der Waals surface area contributed by atoms with Gasteiger partial charge >= 0.3 is 0 Å². The summed E-state index contributed by atoms with van der Waals surface area (Å²) in [6, 6.07) is 3.51. The number of likely N-dealkylation sites (tertiary alicyclic amines) is 2. The molecule has 0 aromatic carbocycles. The second kappa shape index (κ2) is 49.4. The van der Waals surface area contributed by atoms with Gasteiger partial charge in [-0.25, -0.2) is 0 Å². The number of nitrogens with two attached hydrogens (primary N) is 2. The summed E-state index contributed by atoms with van der Waals surface area (Å²) in [6.07, 6.45) is 42.8. The van der Waals surface area contributed by atoms with E-state index in [2.05, 4.69) is 107 Å². The third-order valence-electron chi connectivity index (χ3n) is 21.3. The van der Waals surface area contributed by atoms with Gasteiger partial charge in [0, 0.05) is 61.4 Å². The number of aromatic nitrogens is 12. The van der Waals surface area contributed by atoms with Gasteiger partial charge in [0.2, 0.25) is 67.4 Å². The zero-order chi connectivity index (χ0) is 74.4. The molecule has 7 aliphatic carbocycles. The molecule has 588 valence electrons. The molecule has 14 N–H and O–H groups in total. The van der Waals surface area contributed by atoms with E-state index in [1.54, 1.807) is 0 Å². The van der Waals surface area contributed by atoms with Crippen LogP contribution < -0.4 is 43.4 Å². The lowest BCUT2D eigenvalue weighted by atomic mass is 9.89. The number of hydrogen-bond acceptors (Lipinski definition) is 26. The molecule has 9 fully saturated rings. The summed E-state index contributed by atoms with van der Waals surface area (Å²) in [5.41, 5.74) is 11.3. The zero-order valence-electron chi connectivity index (χ0n) is 62.1. The van der Waals surface area contributed by atoms with E-state index >= 15 is 0 Å². The highest BCUT2D eigenvalue weighted by atomic mass is 35.5. The molecule has 0 spiro atoms. The van der Waals surface area contributed by atoms with Crippen molar-refractivity contribution in [2.75, 3.05) is 71.2 Å². The molecule has 0 bridgehead atoms. The number of likely N-dealkylation sites (N-methyl/N-ethyl adjacent to an activating group) is 2. The van der Waals surface area contributed by atoms with Crippen LogP contribution in [-0.4, -0.2) is 202 Å². The number of halogens is 6. The monoisotopic (exact) mass is 1570 g/mol. The van der Waals surface area contributed by atoms with Crippen LogP contribution in [0.3, 0.4) is 0 Å². The van der Waals surface area contributed by atoms with Crippen molar-refractivity contribution in [2.45, 2.75) is 338 Å². The molecule has 6 heterocycles. The van der Waals surface area contributed by atoms with Crippen LogP contribution in [0.15, 0.2) is 0 Å². The van der Waals surface area contributed by atoms with Crippen molar-refractivity contribution in [1.82, 2.24) is 69.6 Å². The Morgan fingerprint density at radius 1 is 0.327 bits per heavy atom. The molecule has 4 aromatic heterocycles. The highest BCUT2D eigenvalue weighted by Gasteiger charge is 2.27. The second-order valence-electron chi connectivity index (χ2n) is 29.6. The van der Waals surface area contributed by atoms with Crippen molar-refractivity contribution in [3.8, 4) is 0 Å². The van der Waals surface area contributed by atoms with Gasteiger partial charge in [0.25, 0.3) is 0 Å². The first-order chi connectivity index (χ1) is 50.3. The fraction of sp³-hybridized carbons (Fsp3) is 0.833. The topological polar surface area (TPSA) is 366 Å². The quantitative estimate of drug-likeness (QED) is 0.0464. The molecule has 4 aromatic rings. The predicted molar refractivity (Wildman–Crippen MR) is 423 cm³/mol. The van der Waals surface area contributed by atoms with Gasteiger partial charge in [-0.3, -0.25) is 9.80 Å². The number of anilines is 6. The molecule has 32 heteroatoms. The SMILES string of the molecule is CC1CCC(O)CC1.CCN1CCCC1CN.CCN1CCCC1CNc1nc(NC2CCCCCC2)nc(NC2CCC(O)CC2)n1.Clc1nc(Cl)nc(Cl)n1.NC1CCCCCC1.OC1CCC(Nc2nc(Cl)nc(Cl)n2)CC1.OC1CCC(Nc2nc(Cl)nc(NC3CCCCCC3)n2)CC1. The van der Waals surface area contributed by atoms with Gasteiger partial charge in [-0.15, -0.1) is 0 Å². The fourth-order valence-electron chi connectivity index (χ4n) is 15.1. The highest BCUT2D eigenvalue weighted by Crippen LogP contribution is 2.29. The molecule has 104 heavy (non-hydrogen) atoms. The number of rotatable bonds is 16. The lowest BCUT2D eigenvalue weighted by Gasteiger charge is -2.26. The van der Waals surface area contributed by atoms with E-state index in [0.717, 1.165) is 128 Å². The van der Waals surface area contributed by atoms with Crippen LogP contribution in [0.5, 0.6) is 0 Å². The average molecular weight is 1570 g/mol. The number of aliphatic hydroxyl groups is 4. The molecule has 0 amide bonds. The minimum absolute atomic E-state index is 0.000000000000000444. The summed E-state index contributed by atoms with van der Waals surface area (Å²) < 4.78 is 0. The molecule has 26 nitrogen and oxygen atoms in total. The van der Waals surface area contributed by atoms with Gasteiger partial charge in [0.1, 0.15) is 0 Å². The summed E-state index contributed by atoms with van der Waals surface area (Å²) in [5, 5.41) is 58.7. The smallest absolute Gasteiger partial charge is 0.229 e. The molecule has 2 atom stereocenters. The van der Waals surface area contributed by atoms with Crippen LogP contribution in [0.4, 0.5) is 35.7 Å². The largest absolute Gasteiger partial charge is 0.393 e. The fourth-order valence-corrected chi connectivity index (χ4v) is 16.2. The van der Waals surface area contributed by atoms with E-state index < -0.39 is 0 Å². The standard InChI is InChI=1S/C23H41N7O.C16H26ClN5O.C9H12Cl2N4O.C7H16N2.C7H15N.C7H14O.C3Cl3N3/c1-2-30-15-7-10-19(30)16-24-21-27-22(25-17-8-5-3-4-6-9-17)29-23(28-21)26-18-11-13-20(31)14-12-18;17-14-20-15(18-11-5-3-1-2-4-6-11)22-16(21-14)19-12-7-9-13(23)10-8-12;10-7-13-8(11)15-9(14-7)12-5-1-3-6(16)4-2-5;1-2-9-5-3-4-7(9)6-8;8-7-5-3-1-2-4-6-7;1-6-2-4-7(8)5-3-6;4-1-7-2(5)9-3(6)8-1/h17-20,31H,2-16H2,1H3,(H3,24,25,26,27,28,29);11-13,23H,1-10H2,(H2,18,19,20,21,22);5-6,16H,1-4H2,(H,12,13,14,15);7H,2-6,8H2,1H3;7H,1-6,8H2;6-8H,2-5H2,1H3;. The van der Waals surface area contributed by atoms with Gasteiger partial charge in [-0.1, -0.05) is 97.8 Å². The Kier molecular flexibility index (Phi) is 41.6. The Bertz CT molecular complexity index is 2860. The van der Waals surface area contributed by atoms with E-state index in [-0.39, 0.29) is 62.2 Å². The number of nitrogens with one attached hydrogen (secondary N) is 6. The normalized spacial score (nSPS) is 26.6. The van der Waals surface area contributed by atoms with Crippen molar-refractivity contribution < 1.29 is 20.4 Å².